The van der Waals surface area contributed by atoms with Crippen LogP contribution >= 0.6 is 0 Å². The molecule has 1 heterocycles. The maximum absolute atomic E-state index is 10.4. The number of piperazine rings is 1. The molecule has 1 aliphatic rings. The van der Waals surface area contributed by atoms with Crippen LogP contribution in [0.4, 0.5) is 0 Å². The van der Waals surface area contributed by atoms with Crippen LogP contribution < -0.4 is 4.74 Å². The zero-order valence-corrected chi connectivity index (χ0v) is 15.0. The highest BCUT2D eigenvalue weighted by atomic mass is 16.5. The molecule has 134 valence electrons. The molecule has 2 aromatic rings. The van der Waals surface area contributed by atoms with Gasteiger partial charge in [0.1, 0.15) is 12.4 Å². The second-order valence-electron chi connectivity index (χ2n) is 6.73. The van der Waals surface area contributed by atoms with Gasteiger partial charge < -0.3 is 9.84 Å². The number of aliphatic hydroxyl groups excluding tert-OH is 1. The van der Waals surface area contributed by atoms with Crippen molar-refractivity contribution >= 4 is 0 Å². The maximum atomic E-state index is 10.4. The SMILES string of the molecule is Cc1cccc(OCCN2CCN(C[C@H](O)c3ccccc3)CC2)c1. The monoisotopic (exact) mass is 340 g/mol. The van der Waals surface area contributed by atoms with Crippen molar-refractivity contribution in [1.82, 2.24) is 9.80 Å². The van der Waals surface area contributed by atoms with E-state index >= 15 is 0 Å². The van der Waals surface area contributed by atoms with Crippen LogP contribution in [0.1, 0.15) is 17.2 Å². The molecular formula is C21H28N2O2. The van der Waals surface area contributed by atoms with Crippen LogP contribution in [0.15, 0.2) is 54.6 Å². The van der Waals surface area contributed by atoms with Gasteiger partial charge in [0.2, 0.25) is 0 Å². The molecule has 1 saturated heterocycles. The second-order valence-corrected chi connectivity index (χ2v) is 6.73. The predicted octanol–water partition coefficient (Wildman–Crippen LogP) is 2.73. The molecule has 1 N–H and O–H groups in total. The molecule has 0 bridgehead atoms. The van der Waals surface area contributed by atoms with Gasteiger partial charge in [-0.25, -0.2) is 0 Å². The van der Waals surface area contributed by atoms with Crippen LogP contribution in [0.25, 0.3) is 0 Å². The highest BCUT2D eigenvalue weighted by molar-refractivity contribution is 5.27. The summed E-state index contributed by atoms with van der Waals surface area (Å²) in [5.74, 6) is 0.949. The molecule has 3 rings (SSSR count). The third-order valence-electron chi connectivity index (χ3n) is 4.75. The van der Waals surface area contributed by atoms with Crippen LogP contribution in [0, 0.1) is 6.92 Å². The standard InChI is InChI=1S/C21H28N2O2/c1-18-6-5-9-20(16-18)25-15-14-22-10-12-23(13-11-22)17-21(24)19-7-3-2-4-8-19/h2-9,16,21,24H,10-15,17H2,1H3/t21-/m0/s1. The lowest BCUT2D eigenvalue weighted by Crippen LogP contribution is -2.48. The summed E-state index contributed by atoms with van der Waals surface area (Å²) in [6.45, 7) is 8.49. The van der Waals surface area contributed by atoms with Crippen molar-refractivity contribution in [1.29, 1.82) is 0 Å². The number of benzene rings is 2. The van der Waals surface area contributed by atoms with Crippen molar-refractivity contribution in [2.45, 2.75) is 13.0 Å². The minimum Gasteiger partial charge on any atom is -0.492 e. The minimum absolute atomic E-state index is 0.405. The number of hydrogen-bond acceptors (Lipinski definition) is 4. The Morgan fingerprint density at radius 2 is 1.68 bits per heavy atom. The first-order chi connectivity index (χ1) is 12.2. The number of β-amino-alcohol motifs (C(OH)–C–C–N with tert-alkyl or cyclic N) is 1. The van der Waals surface area contributed by atoms with E-state index in [0.29, 0.717) is 6.54 Å². The van der Waals surface area contributed by atoms with Crippen LogP contribution in [-0.2, 0) is 0 Å². The number of rotatable bonds is 7. The first-order valence-corrected chi connectivity index (χ1v) is 9.08. The molecule has 0 saturated carbocycles. The minimum atomic E-state index is -0.405. The van der Waals surface area contributed by atoms with Crippen molar-refractivity contribution in [3.63, 3.8) is 0 Å². The van der Waals surface area contributed by atoms with E-state index in [4.69, 9.17) is 4.74 Å². The average molecular weight is 340 g/mol. The molecule has 0 amide bonds. The zero-order chi connectivity index (χ0) is 17.5. The molecule has 1 aliphatic heterocycles. The maximum Gasteiger partial charge on any atom is 0.119 e. The molecule has 0 aliphatic carbocycles. The van der Waals surface area contributed by atoms with E-state index in [9.17, 15) is 5.11 Å². The molecule has 0 spiro atoms. The summed E-state index contributed by atoms with van der Waals surface area (Å²) in [6.07, 6.45) is -0.405. The predicted molar refractivity (Wildman–Crippen MR) is 101 cm³/mol. The van der Waals surface area contributed by atoms with Crippen LogP contribution in [0.5, 0.6) is 5.75 Å². The molecule has 1 atom stereocenters. The van der Waals surface area contributed by atoms with Crippen molar-refractivity contribution in [3.05, 3.63) is 65.7 Å². The normalized spacial score (nSPS) is 17.4. The molecule has 4 nitrogen and oxygen atoms in total. The van der Waals surface area contributed by atoms with E-state index < -0.39 is 6.10 Å². The fraction of sp³-hybridized carbons (Fsp3) is 0.429. The number of aryl methyl sites for hydroxylation is 1. The third kappa shape index (κ3) is 5.56. The average Bonchev–Trinajstić information content (AvgIpc) is 2.64. The van der Waals surface area contributed by atoms with Crippen molar-refractivity contribution in [2.24, 2.45) is 0 Å². The first kappa shape index (κ1) is 17.9. The first-order valence-electron chi connectivity index (χ1n) is 9.08. The summed E-state index contributed by atoms with van der Waals surface area (Å²) < 4.78 is 5.84. The summed E-state index contributed by atoms with van der Waals surface area (Å²) in [5.41, 5.74) is 2.22. The van der Waals surface area contributed by atoms with E-state index in [-0.39, 0.29) is 0 Å². The molecule has 0 aromatic heterocycles. The summed E-state index contributed by atoms with van der Waals surface area (Å²) in [6, 6.07) is 18.1. The number of nitrogens with zero attached hydrogens (tertiary/aromatic N) is 2. The Morgan fingerprint density at radius 1 is 0.960 bits per heavy atom. The quantitative estimate of drug-likeness (QED) is 0.841. The molecular weight excluding hydrogens is 312 g/mol. The number of ether oxygens (including phenoxy) is 1. The molecule has 4 heteroatoms. The van der Waals surface area contributed by atoms with Gasteiger partial charge in [-0.05, 0) is 30.2 Å². The summed E-state index contributed by atoms with van der Waals surface area (Å²) in [4.78, 5) is 4.77. The third-order valence-corrected chi connectivity index (χ3v) is 4.75. The molecule has 0 radical (unpaired) electrons. The zero-order valence-electron chi connectivity index (χ0n) is 15.0. The second kappa shape index (κ2) is 8.99. The van der Waals surface area contributed by atoms with E-state index in [1.165, 1.54) is 5.56 Å². The Hall–Kier alpha value is -1.88. The van der Waals surface area contributed by atoms with Gasteiger partial charge in [-0.2, -0.15) is 0 Å². The van der Waals surface area contributed by atoms with E-state index in [0.717, 1.165) is 50.6 Å². The lowest BCUT2D eigenvalue weighted by Gasteiger charge is -2.35. The molecule has 0 unspecified atom stereocenters. The van der Waals surface area contributed by atoms with Crippen molar-refractivity contribution in [2.75, 3.05) is 45.9 Å². The highest BCUT2D eigenvalue weighted by Gasteiger charge is 2.19. The van der Waals surface area contributed by atoms with Crippen LogP contribution in [0.2, 0.25) is 0 Å². The van der Waals surface area contributed by atoms with E-state index in [1.54, 1.807) is 0 Å². The lowest BCUT2D eigenvalue weighted by atomic mass is 10.1. The van der Waals surface area contributed by atoms with Crippen LogP contribution in [-0.4, -0.2) is 60.8 Å². The van der Waals surface area contributed by atoms with Gasteiger partial charge in [0, 0.05) is 39.3 Å². The van der Waals surface area contributed by atoms with Crippen molar-refractivity contribution < 1.29 is 9.84 Å². The largest absolute Gasteiger partial charge is 0.492 e. The Labute approximate surface area is 150 Å². The number of aliphatic hydroxyl groups is 1. The van der Waals surface area contributed by atoms with E-state index in [2.05, 4.69) is 28.9 Å². The van der Waals surface area contributed by atoms with Crippen molar-refractivity contribution in [3.8, 4) is 5.75 Å². The fourth-order valence-electron chi connectivity index (χ4n) is 3.22. The summed E-state index contributed by atoms with van der Waals surface area (Å²) in [7, 11) is 0. The molecule has 2 aromatic carbocycles. The van der Waals surface area contributed by atoms with Gasteiger partial charge in [-0.15, -0.1) is 0 Å². The van der Waals surface area contributed by atoms with Gasteiger partial charge in [-0.3, -0.25) is 9.80 Å². The highest BCUT2D eigenvalue weighted by Crippen LogP contribution is 2.15. The van der Waals surface area contributed by atoms with Gasteiger partial charge in [0.15, 0.2) is 0 Å². The Bertz CT molecular complexity index is 639. The molecule has 25 heavy (non-hydrogen) atoms. The van der Waals surface area contributed by atoms with Gasteiger partial charge in [0.05, 0.1) is 6.10 Å². The van der Waals surface area contributed by atoms with E-state index in [1.807, 2.05) is 42.5 Å². The Kier molecular flexibility index (Phi) is 6.45. The lowest BCUT2D eigenvalue weighted by molar-refractivity contribution is 0.0676. The van der Waals surface area contributed by atoms with Gasteiger partial charge in [-0.1, -0.05) is 42.5 Å². The Balaban J connectivity index is 1.36. The summed E-state index contributed by atoms with van der Waals surface area (Å²) >= 11 is 0. The number of hydrogen-bond donors (Lipinski definition) is 1. The van der Waals surface area contributed by atoms with Gasteiger partial charge >= 0.3 is 0 Å². The van der Waals surface area contributed by atoms with Gasteiger partial charge in [0.25, 0.3) is 0 Å². The Morgan fingerprint density at radius 3 is 2.40 bits per heavy atom. The smallest absolute Gasteiger partial charge is 0.119 e. The summed E-state index contributed by atoms with van der Waals surface area (Å²) in [5, 5.41) is 10.4. The van der Waals surface area contributed by atoms with Crippen LogP contribution in [0.3, 0.4) is 0 Å². The molecule has 1 fully saturated rings. The topological polar surface area (TPSA) is 35.9 Å². The fourth-order valence-corrected chi connectivity index (χ4v) is 3.22.